The molecule has 1 atom stereocenters. The normalized spacial score (nSPS) is 16.0. The first-order chi connectivity index (χ1) is 20.9. The number of hydrogen-bond acceptors (Lipinski definition) is 6. The summed E-state index contributed by atoms with van der Waals surface area (Å²) in [5.41, 5.74) is -3.61. The molecule has 0 spiro atoms. The summed E-state index contributed by atoms with van der Waals surface area (Å²) in [7, 11) is 0. The van der Waals surface area contributed by atoms with E-state index in [2.05, 4.69) is 20.5 Å². The van der Waals surface area contributed by atoms with Crippen molar-refractivity contribution in [1.29, 1.82) is 0 Å². The van der Waals surface area contributed by atoms with Crippen LogP contribution in [0.3, 0.4) is 0 Å². The molecule has 240 valence electrons. The van der Waals surface area contributed by atoms with Crippen molar-refractivity contribution < 1.29 is 45.0 Å². The summed E-state index contributed by atoms with van der Waals surface area (Å²) in [6, 6.07) is 7.19. The van der Waals surface area contributed by atoms with Crippen molar-refractivity contribution >= 4 is 17.5 Å². The zero-order valence-corrected chi connectivity index (χ0v) is 23.2. The summed E-state index contributed by atoms with van der Waals surface area (Å²) >= 11 is 5.87. The average molecular weight is 666 g/mol. The fourth-order valence-electron chi connectivity index (χ4n) is 4.64. The topological polar surface area (TPSA) is 120 Å². The summed E-state index contributed by atoms with van der Waals surface area (Å²) in [5.74, 6) is -4.69. The number of para-hydroxylation sites is 1. The van der Waals surface area contributed by atoms with E-state index >= 15 is 0 Å². The number of alkyl halides is 8. The van der Waals surface area contributed by atoms with Crippen LogP contribution in [0.2, 0.25) is 5.02 Å². The number of rotatable bonds is 8. The first-order valence-electron chi connectivity index (χ1n) is 12.9. The van der Waals surface area contributed by atoms with E-state index in [1.807, 2.05) is 0 Å². The van der Waals surface area contributed by atoms with Crippen molar-refractivity contribution in [1.82, 2.24) is 34.4 Å². The molecule has 2 aromatic carbocycles. The molecule has 1 aliphatic carbocycles. The molecule has 10 nitrogen and oxygen atoms in total. The number of hydrogen-bond donors (Lipinski definition) is 2. The van der Waals surface area contributed by atoms with Crippen LogP contribution in [0.5, 0.6) is 0 Å². The molecular formula is C26H20ClF8N7O3. The predicted molar refractivity (Wildman–Crippen MR) is 140 cm³/mol. The summed E-state index contributed by atoms with van der Waals surface area (Å²) in [4.78, 5) is 29.9. The molecule has 1 fully saturated rings. The Bertz CT molecular complexity index is 1770. The number of aromatic nitrogens is 6. The van der Waals surface area contributed by atoms with Gasteiger partial charge in [0.15, 0.2) is 17.8 Å². The third kappa shape index (κ3) is 6.85. The number of nitrogens with zero attached hydrogens (tertiary/aromatic N) is 6. The SMILES string of the molecule is O=C(NC1CC(F)(F)C1)c1cccc(C(F)(F)F)c1-n1cnc(Cn2nc(-c3ccc(Cl)cc3)n(CC(O)C(F)(F)F)c2=O)n1. The van der Waals surface area contributed by atoms with E-state index in [1.54, 1.807) is 0 Å². The number of benzene rings is 2. The van der Waals surface area contributed by atoms with E-state index < -0.39 is 84.8 Å². The van der Waals surface area contributed by atoms with E-state index in [4.69, 9.17) is 11.6 Å². The van der Waals surface area contributed by atoms with Gasteiger partial charge in [-0.2, -0.15) is 26.3 Å². The van der Waals surface area contributed by atoms with Gasteiger partial charge in [0.25, 0.3) is 11.8 Å². The van der Waals surface area contributed by atoms with Gasteiger partial charge in [0, 0.05) is 29.5 Å². The predicted octanol–water partition coefficient (Wildman–Crippen LogP) is 4.46. The number of nitrogens with one attached hydrogen (secondary N) is 1. The van der Waals surface area contributed by atoms with Gasteiger partial charge >= 0.3 is 18.0 Å². The molecule has 1 unspecified atom stereocenters. The van der Waals surface area contributed by atoms with Gasteiger partial charge in [-0.1, -0.05) is 17.7 Å². The fourth-order valence-corrected chi connectivity index (χ4v) is 4.76. The van der Waals surface area contributed by atoms with Crippen molar-refractivity contribution in [2.45, 2.75) is 56.4 Å². The molecule has 5 rings (SSSR count). The van der Waals surface area contributed by atoms with Gasteiger partial charge in [-0.25, -0.2) is 27.9 Å². The lowest BCUT2D eigenvalue weighted by Crippen LogP contribution is -2.50. The minimum atomic E-state index is -5.07. The molecule has 0 radical (unpaired) electrons. The Morgan fingerprint density at radius 2 is 1.73 bits per heavy atom. The number of amides is 1. The molecule has 19 heteroatoms. The number of aliphatic hydroxyl groups excluding tert-OH is 1. The Hall–Kier alpha value is -4.32. The molecule has 45 heavy (non-hydrogen) atoms. The van der Waals surface area contributed by atoms with Crippen LogP contribution in [-0.2, 0) is 19.3 Å². The van der Waals surface area contributed by atoms with Crippen molar-refractivity contribution in [2.75, 3.05) is 0 Å². The van der Waals surface area contributed by atoms with Crippen LogP contribution in [0.25, 0.3) is 17.1 Å². The van der Waals surface area contributed by atoms with E-state index in [-0.39, 0.29) is 22.2 Å². The fraction of sp³-hybridized carbons (Fsp3) is 0.346. The zero-order chi connectivity index (χ0) is 32.9. The van der Waals surface area contributed by atoms with Crippen LogP contribution in [0.4, 0.5) is 35.1 Å². The quantitative estimate of drug-likeness (QED) is 0.268. The van der Waals surface area contributed by atoms with Crippen LogP contribution in [0.15, 0.2) is 53.6 Å². The van der Waals surface area contributed by atoms with Crippen molar-refractivity contribution in [3.8, 4) is 17.1 Å². The first-order valence-corrected chi connectivity index (χ1v) is 13.3. The third-order valence-electron chi connectivity index (χ3n) is 6.83. The minimum absolute atomic E-state index is 0.155. The molecule has 1 amide bonds. The second-order valence-corrected chi connectivity index (χ2v) is 10.6. The van der Waals surface area contributed by atoms with E-state index in [0.29, 0.717) is 20.0 Å². The van der Waals surface area contributed by atoms with E-state index in [0.717, 1.165) is 18.5 Å². The maximum atomic E-state index is 14.0. The number of aliphatic hydroxyl groups is 1. The van der Waals surface area contributed by atoms with Crippen LogP contribution in [0, 0.1) is 0 Å². The monoisotopic (exact) mass is 665 g/mol. The average Bonchev–Trinajstić information content (AvgIpc) is 3.51. The molecular weight excluding hydrogens is 646 g/mol. The number of carbonyl (C=O) groups excluding carboxylic acids is 1. The van der Waals surface area contributed by atoms with Crippen LogP contribution in [0.1, 0.15) is 34.6 Å². The standard InChI is InChI=1S/C26H20ClF8N7O3/c27-14-6-4-13(5-7-14)21-39-41(23(45)40(21)10-18(43)26(33,34)35)11-19-36-12-42(38-19)20-16(2-1-3-17(20)25(30,31)32)22(44)37-15-8-24(28,29)9-15/h1-7,12,15,18,43H,8-11H2,(H,37,44). The van der Waals surface area contributed by atoms with Gasteiger partial charge in [-0.15, -0.1) is 10.2 Å². The summed E-state index contributed by atoms with van der Waals surface area (Å²) in [6.07, 6.45) is -13.6. The highest BCUT2D eigenvalue weighted by Crippen LogP contribution is 2.38. The van der Waals surface area contributed by atoms with Crippen molar-refractivity contribution in [2.24, 2.45) is 0 Å². The molecule has 0 saturated heterocycles. The number of halogens is 9. The maximum absolute atomic E-state index is 14.0. The summed E-state index contributed by atoms with van der Waals surface area (Å²) in [6.45, 7) is -1.87. The minimum Gasteiger partial charge on any atom is -0.382 e. The number of carbonyl (C=O) groups is 1. The second-order valence-electron chi connectivity index (χ2n) is 10.2. The van der Waals surface area contributed by atoms with Gasteiger partial charge in [0.05, 0.1) is 23.4 Å². The zero-order valence-electron chi connectivity index (χ0n) is 22.5. The molecule has 1 saturated carbocycles. The van der Waals surface area contributed by atoms with Crippen LogP contribution >= 0.6 is 11.6 Å². The third-order valence-corrected chi connectivity index (χ3v) is 7.08. The molecule has 2 aromatic heterocycles. The van der Waals surface area contributed by atoms with Gasteiger partial charge in [-0.05, 0) is 36.4 Å². The lowest BCUT2D eigenvalue weighted by atomic mass is 9.88. The largest absolute Gasteiger partial charge is 0.418 e. The molecule has 0 aliphatic heterocycles. The summed E-state index contributed by atoms with van der Waals surface area (Å²) in [5, 5.41) is 20.2. The highest BCUT2D eigenvalue weighted by atomic mass is 35.5. The van der Waals surface area contributed by atoms with Crippen molar-refractivity contribution in [3.05, 3.63) is 81.3 Å². The maximum Gasteiger partial charge on any atom is 0.418 e. The van der Waals surface area contributed by atoms with Crippen molar-refractivity contribution in [3.63, 3.8) is 0 Å². The molecule has 1 aliphatic rings. The Morgan fingerprint density at radius 3 is 2.33 bits per heavy atom. The van der Waals surface area contributed by atoms with Crippen LogP contribution < -0.4 is 11.0 Å². The Morgan fingerprint density at radius 1 is 1.07 bits per heavy atom. The smallest absolute Gasteiger partial charge is 0.382 e. The molecule has 2 heterocycles. The van der Waals surface area contributed by atoms with E-state index in [1.165, 1.54) is 24.3 Å². The van der Waals surface area contributed by atoms with Crippen LogP contribution in [-0.4, -0.2) is 64.4 Å². The Labute approximate surface area is 251 Å². The highest BCUT2D eigenvalue weighted by molar-refractivity contribution is 6.30. The second kappa shape index (κ2) is 11.6. The van der Waals surface area contributed by atoms with E-state index in [9.17, 15) is 49.8 Å². The first kappa shape index (κ1) is 32.1. The summed E-state index contributed by atoms with van der Waals surface area (Å²) < 4.78 is 110. The molecule has 2 N–H and O–H groups in total. The Balaban J connectivity index is 1.50. The van der Waals surface area contributed by atoms with Gasteiger partial charge in [0.1, 0.15) is 12.9 Å². The highest BCUT2D eigenvalue weighted by Gasteiger charge is 2.46. The molecule has 4 aromatic rings. The van der Waals surface area contributed by atoms with Gasteiger partial charge < -0.3 is 10.4 Å². The van der Waals surface area contributed by atoms with Gasteiger partial charge in [0.2, 0.25) is 0 Å². The Kier molecular flexibility index (Phi) is 8.24. The lowest BCUT2D eigenvalue weighted by molar-refractivity contribution is -0.207. The molecule has 0 bridgehead atoms. The lowest BCUT2D eigenvalue weighted by Gasteiger charge is -2.35. The van der Waals surface area contributed by atoms with Gasteiger partial charge in [-0.3, -0.25) is 9.36 Å².